The Bertz CT molecular complexity index is 402. The van der Waals surface area contributed by atoms with Gasteiger partial charge in [0, 0.05) is 12.1 Å². The minimum absolute atomic E-state index is 0.214. The number of nitrogens with two attached hydrogens (primary N) is 1. The summed E-state index contributed by atoms with van der Waals surface area (Å²) >= 11 is 0. The highest BCUT2D eigenvalue weighted by molar-refractivity contribution is 7.88. The Balaban J connectivity index is 2.69. The summed E-state index contributed by atoms with van der Waals surface area (Å²) in [6, 6.07) is 0. The Morgan fingerprint density at radius 1 is 1.42 bits per heavy atom. The molecule has 1 amide bonds. The highest BCUT2D eigenvalue weighted by atomic mass is 32.2. The highest BCUT2D eigenvalue weighted by Gasteiger charge is 2.37. The molecule has 0 radical (unpaired) electrons. The predicted octanol–water partition coefficient (Wildman–Crippen LogP) is 0.475. The fourth-order valence-electron chi connectivity index (χ4n) is 2.45. The molecule has 1 rings (SSSR count). The first-order valence-corrected chi connectivity index (χ1v) is 7.94. The van der Waals surface area contributed by atoms with Crippen molar-refractivity contribution in [2.45, 2.75) is 44.6 Å². The maximum absolute atomic E-state index is 11.8. The zero-order valence-corrected chi connectivity index (χ0v) is 12.3. The molecule has 0 saturated heterocycles. The largest absolute Gasteiger partial charge is 0.452 e. The molecule has 0 aromatic carbocycles. The van der Waals surface area contributed by atoms with Gasteiger partial charge in [0.25, 0.3) is 0 Å². The molecule has 0 unspecified atom stereocenters. The van der Waals surface area contributed by atoms with E-state index in [0.717, 1.165) is 26.4 Å². The van der Waals surface area contributed by atoms with E-state index in [1.807, 2.05) is 0 Å². The molecule has 1 aliphatic carbocycles. The number of hydrogen-bond acceptors (Lipinski definition) is 5. The van der Waals surface area contributed by atoms with Crippen LogP contribution in [0.15, 0.2) is 0 Å². The molecule has 7 nitrogen and oxygen atoms in total. The third-order valence-electron chi connectivity index (χ3n) is 3.78. The van der Waals surface area contributed by atoms with E-state index in [4.69, 9.17) is 5.73 Å². The lowest BCUT2D eigenvalue weighted by atomic mass is 9.76. The van der Waals surface area contributed by atoms with Crippen LogP contribution in [0, 0.1) is 5.92 Å². The minimum Gasteiger partial charge on any atom is -0.452 e. The van der Waals surface area contributed by atoms with E-state index in [2.05, 4.69) is 16.4 Å². The molecule has 0 heterocycles. The van der Waals surface area contributed by atoms with Crippen molar-refractivity contribution in [3.63, 3.8) is 0 Å². The van der Waals surface area contributed by atoms with Gasteiger partial charge in [-0.2, -0.15) is 13.1 Å². The second-order valence-corrected chi connectivity index (χ2v) is 6.45. The van der Waals surface area contributed by atoms with Crippen molar-refractivity contribution in [1.29, 1.82) is 0 Å². The van der Waals surface area contributed by atoms with Gasteiger partial charge in [0.1, 0.15) is 0 Å². The Morgan fingerprint density at radius 2 is 2.00 bits per heavy atom. The van der Waals surface area contributed by atoms with Crippen molar-refractivity contribution in [1.82, 2.24) is 9.44 Å². The average Bonchev–Trinajstić information content (AvgIpc) is 2.38. The van der Waals surface area contributed by atoms with Crippen LogP contribution < -0.4 is 15.2 Å². The second-order valence-electron chi connectivity index (χ2n) is 5.04. The zero-order valence-electron chi connectivity index (χ0n) is 11.4. The number of carbonyl (C=O) groups is 1. The molecule has 0 bridgehead atoms. The first kappa shape index (κ1) is 16.2. The standard InChI is InChI=1S/C11H23N3O4S/c1-3-9-4-6-11(8-12,7-5-9)14-19(16,17)13-10(15)18-2/h9,14H,3-8,12H2,1-2H3,(H,13,15). The number of methoxy groups -OCH3 is 1. The smallest absolute Gasteiger partial charge is 0.421 e. The van der Waals surface area contributed by atoms with Gasteiger partial charge in [0.2, 0.25) is 0 Å². The van der Waals surface area contributed by atoms with E-state index in [0.29, 0.717) is 18.8 Å². The van der Waals surface area contributed by atoms with Crippen LogP contribution >= 0.6 is 0 Å². The van der Waals surface area contributed by atoms with Crippen molar-refractivity contribution in [2.24, 2.45) is 11.7 Å². The number of amides is 1. The van der Waals surface area contributed by atoms with Gasteiger partial charge in [-0.3, -0.25) is 0 Å². The van der Waals surface area contributed by atoms with Crippen LogP contribution in [0.5, 0.6) is 0 Å². The van der Waals surface area contributed by atoms with Crippen LogP contribution in [0.4, 0.5) is 4.79 Å². The van der Waals surface area contributed by atoms with E-state index in [1.165, 1.54) is 0 Å². The van der Waals surface area contributed by atoms with Crippen molar-refractivity contribution in [3.8, 4) is 0 Å². The van der Waals surface area contributed by atoms with Gasteiger partial charge in [-0.25, -0.2) is 9.52 Å². The van der Waals surface area contributed by atoms with Crippen LogP contribution in [-0.4, -0.2) is 33.7 Å². The van der Waals surface area contributed by atoms with Crippen LogP contribution in [0.1, 0.15) is 39.0 Å². The molecule has 0 aliphatic heterocycles. The molecule has 0 spiro atoms. The van der Waals surface area contributed by atoms with Crippen molar-refractivity contribution in [3.05, 3.63) is 0 Å². The first-order valence-electron chi connectivity index (χ1n) is 6.46. The monoisotopic (exact) mass is 293 g/mol. The Morgan fingerprint density at radius 3 is 2.42 bits per heavy atom. The third-order valence-corrected chi connectivity index (χ3v) is 4.92. The van der Waals surface area contributed by atoms with Gasteiger partial charge in [-0.15, -0.1) is 0 Å². The molecule has 112 valence electrons. The van der Waals surface area contributed by atoms with Gasteiger partial charge >= 0.3 is 16.3 Å². The summed E-state index contributed by atoms with van der Waals surface area (Å²) in [5.41, 5.74) is 5.06. The normalized spacial score (nSPS) is 27.8. The van der Waals surface area contributed by atoms with E-state index >= 15 is 0 Å². The second kappa shape index (κ2) is 6.53. The average molecular weight is 293 g/mol. The summed E-state index contributed by atoms with van der Waals surface area (Å²) in [7, 11) is -2.83. The van der Waals surface area contributed by atoms with E-state index in [1.54, 1.807) is 4.72 Å². The molecule has 0 aromatic heterocycles. The number of hydrogen-bond donors (Lipinski definition) is 3. The molecular formula is C11H23N3O4S. The Kier molecular flexibility index (Phi) is 5.57. The van der Waals surface area contributed by atoms with Crippen molar-refractivity contribution >= 4 is 16.3 Å². The lowest BCUT2D eigenvalue weighted by molar-refractivity contribution is 0.176. The maximum atomic E-state index is 11.8. The lowest BCUT2D eigenvalue weighted by Gasteiger charge is -2.39. The van der Waals surface area contributed by atoms with Gasteiger partial charge < -0.3 is 10.5 Å². The minimum atomic E-state index is -3.94. The lowest BCUT2D eigenvalue weighted by Crippen LogP contribution is -2.58. The molecule has 1 fully saturated rings. The fraction of sp³-hybridized carbons (Fsp3) is 0.909. The number of carbonyl (C=O) groups excluding carboxylic acids is 1. The molecule has 8 heteroatoms. The van der Waals surface area contributed by atoms with Gasteiger partial charge in [0.05, 0.1) is 7.11 Å². The van der Waals surface area contributed by atoms with Crippen LogP contribution in [-0.2, 0) is 14.9 Å². The van der Waals surface area contributed by atoms with Gasteiger partial charge in [-0.1, -0.05) is 13.3 Å². The summed E-state index contributed by atoms with van der Waals surface area (Å²) in [6.45, 7) is 2.34. The number of nitrogens with one attached hydrogen (secondary N) is 2. The molecular weight excluding hydrogens is 270 g/mol. The number of rotatable bonds is 5. The van der Waals surface area contributed by atoms with E-state index in [9.17, 15) is 13.2 Å². The summed E-state index contributed by atoms with van der Waals surface area (Å²) in [5.74, 6) is 0.623. The highest BCUT2D eigenvalue weighted by Crippen LogP contribution is 2.33. The van der Waals surface area contributed by atoms with Crippen molar-refractivity contribution in [2.75, 3.05) is 13.7 Å². The molecule has 0 aromatic rings. The Hall–Kier alpha value is -0.860. The molecule has 1 saturated carbocycles. The van der Waals surface area contributed by atoms with E-state index in [-0.39, 0.29) is 6.54 Å². The molecule has 0 atom stereocenters. The summed E-state index contributed by atoms with van der Waals surface area (Å²) < 4.78 is 32.2. The van der Waals surface area contributed by atoms with Crippen LogP contribution in [0.2, 0.25) is 0 Å². The first-order chi connectivity index (χ1) is 8.86. The maximum Gasteiger partial charge on any atom is 0.421 e. The Labute approximate surface area is 114 Å². The fourth-order valence-corrected chi connectivity index (χ4v) is 3.66. The summed E-state index contributed by atoms with van der Waals surface area (Å²) in [6.07, 6.45) is 3.33. The predicted molar refractivity (Wildman–Crippen MR) is 71.6 cm³/mol. The van der Waals surface area contributed by atoms with Gasteiger partial charge in [-0.05, 0) is 31.6 Å². The molecule has 1 aliphatic rings. The molecule has 19 heavy (non-hydrogen) atoms. The zero-order chi connectivity index (χ0) is 14.5. The van der Waals surface area contributed by atoms with Gasteiger partial charge in [0.15, 0.2) is 0 Å². The van der Waals surface area contributed by atoms with E-state index < -0.39 is 21.8 Å². The number of ether oxygens (including phenoxy) is 1. The third kappa shape index (κ3) is 4.63. The topological polar surface area (TPSA) is 111 Å². The van der Waals surface area contributed by atoms with Crippen LogP contribution in [0.3, 0.4) is 0 Å². The summed E-state index contributed by atoms with van der Waals surface area (Å²) in [5, 5.41) is 0. The summed E-state index contributed by atoms with van der Waals surface area (Å²) in [4.78, 5) is 11.0. The quantitative estimate of drug-likeness (QED) is 0.682. The van der Waals surface area contributed by atoms with Crippen molar-refractivity contribution < 1.29 is 17.9 Å². The molecule has 4 N–H and O–H groups in total. The van der Waals surface area contributed by atoms with Crippen LogP contribution in [0.25, 0.3) is 0 Å². The SMILES string of the molecule is CCC1CCC(CN)(NS(=O)(=O)NC(=O)OC)CC1.